The van der Waals surface area contributed by atoms with E-state index in [2.05, 4.69) is 10.3 Å². The SMILES string of the molecule is O=C(O)NC(Cc1cc(F)cc(F)c1)c1nc2ccccc2nc1-c1ccc(S(=O)(=O)N2CCOCC2)cc1. The van der Waals surface area contributed by atoms with E-state index < -0.39 is 33.8 Å². The monoisotopic (exact) mass is 554 g/mol. The van der Waals surface area contributed by atoms with Gasteiger partial charge in [-0.25, -0.2) is 32.0 Å². The molecule has 0 radical (unpaired) electrons. The molecule has 0 aliphatic carbocycles. The molecule has 0 saturated carbocycles. The lowest BCUT2D eigenvalue weighted by Gasteiger charge is -2.26. The molecule has 1 aliphatic heterocycles. The third-order valence-electron chi connectivity index (χ3n) is 6.32. The second-order valence-corrected chi connectivity index (χ2v) is 10.9. The molecule has 3 aromatic carbocycles. The summed E-state index contributed by atoms with van der Waals surface area (Å²) in [4.78, 5) is 21.2. The molecule has 0 bridgehead atoms. The van der Waals surface area contributed by atoms with Crippen LogP contribution in [0.5, 0.6) is 0 Å². The lowest BCUT2D eigenvalue weighted by molar-refractivity contribution is 0.0730. The Morgan fingerprint density at radius 1 is 0.974 bits per heavy atom. The third-order valence-corrected chi connectivity index (χ3v) is 8.24. The highest BCUT2D eigenvalue weighted by Gasteiger charge is 2.27. The van der Waals surface area contributed by atoms with Crippen LogP contribution in [-0.2, 0) is 21.2 Å². The van der Waals surface area contributed by atoms with Crippen molar-refractivity contribution in [3.8, 4) is 11.3 Å². The van der Waals surface area contributed by atoms with E-state index in [4.69, 9.17) is 9.72 Å². The molecule has 1 fully saturated rings. The zero-order valence-electron chi connectivity index (χ0n) is 20.5. The van der Waals surface area contributed by atoms with Crippen molar-refractivity contribution in [2.75, 3.05) is 26.3 Å². The molecule has 39 heavy (non-hydrogen) atoms. The quantitative estimate of drug-likeness (QED) is 0.352. The fourth-order valence-electron chi connectivity index (χ4n) is 4.52. The lowest BCUT2D eigenvalue weighted by atomic mass is 9.98. The Hall–Kier alpha value is -4.00. The summed E-state index contributed by atoms with van der Waals surface area (Å²) in [6, 6.07) is 15.0. The van der Waals surface area contributed by atoms with Gasteiger partial charge in [0.25, 0.3) is 0 Å². The van der Waals surface area contributed by atoms with E-state index >= 15 is 0 Å². The molecule has 1 atom stereocenters. The van der Waals surface area contributed by atoms with Gasteiger partial charge in [0.2, 0.25) is 10.0 Å². The Bertz CT molecular complexity index is 1610. The number of aromatic nitrogens is 2. The molecule has 1 aliphatic rings. The second-order valence-electron chi connectivity index (χ2n) is 8.97. The van der Waals surface area contributed by atoms with Gasteiger partial charge in [-0.1, -0.05) is 24.3 Å². The molecule has 1 unspecified atom stereocenters. The van der Waals surface area contributed by atoms with Gasteiger partial charge in [-0.2, -0.15) is 4.31 Å². The number of hydrogen-bond acceptors (Lipinski definition) is 6. The van der Waals surface area contributed by atoms with Gasteiger partial charge >= 0.3 is 6.09 Å². The number of nitrogens with zero attached hydrogens (tertiary/aromatic N) is 3. The maximum Gasteiger partial charge on any atom is 0.405 e. The molecule has 2 heterocycles. The molecule has 2 N–H and O–H groups in total. The van der Waals surface area contributed by atoms with E-state index in [1.165, 1.54) is 16.4 Å². The lowest BCUT2D eigenvalue weighted by Crippen LogP contribution is -2.40. The van der Waals surface area contributed by atoms with Gasteiger partial charge in [0.05, 0.1) is 46.6 Å². The number of carboxylic acid groups (broad SMARTS) is 1. The van der Waals surface area contributed by atoms with E-state index in [0.29, 0.717) is 35.5 Å². The van der Waals surface area contributed by atoms with E-state index in [1.54, 1.807) is 36.4 Å². The summed E-state index contributed by atoms with van der Waals surface area (Å²) in [7, 11) is -3.73. The molecule has 202 valence electrons. The third kappa shape index (κ3) is 5.87. The molecular formula is C27H24F2N4O5S. The van der Waals surface area contributed by atoms with Crippen LogP contribution in [0.3, 0.4) is 0 Å². The topological polar surface area (TPSA) is 122 Å². The number of hydrogen-bond donors (Lipinski definition) is 2. The Morgan fingerprint density at radius 3 is 2.21 bits per heavy atom. The van der Waals surface area contributed by atoms with Gasteiger partial charge in [0.1, 0.15) is 11.6 Å². The summed E-state index contributed by atoms with van der Waals surface area (Å²) in [5.41, 5.74) is 2.27. The highest BCUT2D eigenvalue weighted by molar-refractivity contribution is 7.89. The largest absolute Gasteiger partial charge is 0.465 e. The van der Waals surface area contributed by atoms with Crippen LogP contribution in [0.25, 0.3) is 22.3 Å². The van der Waals surface area contributed by atoms with Crippen molar-refractivity contribution >= 4 is 27.1 Å². The van der Waals surface area contributed by atoms with E-state index in [9.17, 15) is 27.1 Å². The molecule has 5 rings (SSSR count). The van der Waals surface area contributed by atoms with Crippen LogP contribution in [-0.4, -0.2) is 60.2 Å². The first-order valence-electron chi connectivity index (χ1n) is 12.1. The molecule has 12 heteroatoms. The van der Waals surface area contributed by atoms with Crippen molar-refractivity contribution in [1.29, 1.82) is 0 Å². The van der Waals surface area contributed by atoms with Crippen molar-refractivity contribution < 1.29 is 31.8 Å². The number of carbonyl (C=O) groups is 1. The highest BCUT2D eigenvalue weighted by Crippen LogP contribution is 2.31. The molecule has 1 saturated heterocycles. The fraction of sp³-hybridized carbons (Fsp3) is 0.222. The standard InChI is InChI=1S/C27H24F2N4O5S/c28-19-13-17(14-20(29)16-19)15-24(32-27(34)35)26-25(30-22-3-1-2-4-23(22)31-26)18-5-7-21(8-6-18)39(36,37)33-9-11-38-12-10-33/h1-8,13-14,16,24,32H,9-12,15H2,(H,34,35). The minimum Gasteiger partial charge on any atom is -0.465 e. The smallest absolute Gasteiger partial charge is 0.405 e. The summed E-state index contributed by atoms with van der Waals surface area (Å²) in [6.45, 7) is 1.16. The van der Waals surface area contributed by atoms with Crippen molar-refractivity contribution in [3.05, 3.63) is 89.6 Å². The first-order valence-corrected chi connectivity index (χ1v) is 13.5. The van der Waals surface area contributed by atoms with Crippen molar-refractivity contribution in [3.63, 3.8) is 0 Å². The number of nitrogens with one attached hydrogen (secondary N) is 1. The number of rotatable bonds is 7. The van der Waals surface area contributed by atoms with Crippen LogP contribution in [0.1, 0.15) is 17.3 Å². The summed E-state index contributed by atoms with van der Waals surface area (Å²) in [5, 5.41) is 12.0. The van der Waals surface area contributed by atoms with E-state index in [1.807, 2.05) is 0 Å². The minimum absolute atomic E-state index is 0.0962. The van der Waals surface area contributed by atoms with Gasteiger partial charge in [0, 0.05) is 24.7 Å². The van der Waals surface area contributed by atoms with Crippen LogP contribution < -0.4 is 5.32 Å². The minimum atomic E-state index is -3.73. The number of morpholine rings is 1. The van der Waals surface area contributed by atoms with Gasteiger partial charge in [-0.15, -0.1) is 0 Å². The molecule has 9 nitrogen and oxygen atoms in total. The number of fused-ring (bicyclic) bond motifs is 1. The van der Waals surface area contributed by atoms with Gasteiger partial charge in [0.15, 0.2) is 0 Å². The highest BCUT2D eigenvalue weighted by atomic mass is 32.2. The Balaban J connectivity index is 1.59. The van der Waals surface area contributed by atoms with Gasteiger partial charge < -0.3 is 15.2 Å². The molecule has 1 aromatic heterocycles. The Labute approximate surface area is 223 Å². The predicted molar refractivity (Wildman–Crippen MR) is 139 cm³/mol. The van der Waals surface area contributed by atoms with E-state index in [-0.39, 0.29) is 35.7 Å². The van der Waals surface area contributed by atoms with Crippen molar-refractivity contribution in [1.82, 2.24) is 19.6 Å². The Morgan fingerprint density at radius 2 is 1.59 bits per heavy atom. The number of para-hydroxylation sites is 2. The summed E-state index contributed by atoms with van der Waals surface area (Å²) in [5.74, 6) is -1.58. The zero-order valence-corrected chi connectivity index (χ0v) is 21.4. The maximum atomic E-state index is 13.9. The van der Waals surface area contributed by atoms with Crippen LogP contribution in [0, 0.1) is 11.6 Å². The average molecular weight is 555 g/mol. The number of sulfonamides is 1. The van der Waals surface area contributed by atoms with Crippen molar-refractivity contribution in [2.45, 2.75) is 17.4 Å². The normalized spacial score (nSPS) is 15.2. The number of amides is 1. The molecule has 4 aromatic rings. The van der Waals surface area contributed by atoms with Crippen molar-refractivity contribution in [2.24, 2.45) is 0 Å². The van der Waals surface area contributed by atoms with E-state index in [0.717, 1.165) is 18.2 Å². The fourth-order valence-corrected chi connectivity index (χ4v) is 5.93. The number of ether oxygens (including phenoxy) is 1. The Kier molecular flexibility index (Phi) is 7.51. The van der Waals surface area contributed by atoms with Gasteiger partial charge in [-0.05, 0) is 48.4 Å². The summed E-state index contributed by atoms with van der Waals surface area (Å²) >= 11 is 0. The first-order chi connectivity index (χ1) is 18.7. The summed E-state index contributed by atoms with van der Waals surface area (Å²) < 4.78 is 60.6. The second kappa shape index (κ2) is 11.0. The number of halogens is 2. The van der Waals surface area contributed by atoms with Crippen LogP contribution in [0.4, 0.5) is 13.6 Å². The van der Waals surface area contributed by atoms with Crippen LogP contribution in [0.2, 0.25) is 0 Å². The maximum absolute atomic E-state index is 13.9. The van der Waals surface area contributed by atoms with Crippen LogP contribution in [0.15, 0.2) is 71.6 Å². The molecule has 0 spiro atoms. The molecule has 1 amide bonds. The molecular weight excluding hydrogens is 530 g/mol. The zero-order chi connectivity index (χ0) is 27.6. The summed E-state index contributed by atoms with van der Waals surface area (Å²) in [6.07, 6.45) is -1.46. The first kappa shape index (κ1) is 26.6. The average Bonchev–Trinajstić information content (AvgIpc) is 2.92. The number of benzene rings is 3. The predicted octanol–water partition coefficient (Wildman–Crippen LogP) is 4.15. The van der Waals surface area contributed by atoms with Crippen LogP contribution >= 0.6 is 0 Å². The van der Waals surface area contributed by atoms with Gasteiger partial charge in [-0.3, -0.25) is 0 Å².